The summed E-state index contributed by atoms with van der Waals surface area (Å²) in [5, 5.41) is 0. The zero-order valence-electron chi connectivity index (χ0n) is 19.6. The fourth-order valence-corrected chi connectivity index (χ4v) is 17.8. The van der Waals surface area contributed by atoms with E-state index in [2.05, 4.69) is 113 Å². The van der Waals surface area contributed by atoms with Crippen LogP contribution in [0.1, 0.15) is 20.9 Å². The topological polar surface area (TPSA) is 0 Å². The fraction of sp³-hybridized carbons (Fsp3) is 0.214. The van der Waals surface area contributed by atoms with Gasteiger partial charge in [0, 0.05) is 0 Å². The molecule has 4 aromatic rings. The Morgan fingerprint density at radius 3 is 1.16 bits per heavy atom. The van der Waals surface area contributed by atoms with Crippen molar-refractivity contribution in [2.24, 2.45) is 0 Å². The van der Waals surface area contributed by atoms with Gasteiger partial charge in [0.2, 0.25) is 0 Å². The van der Waals surface area contributed by atoms with Gasteiger partial charge in [0.25, 0.3) is 0 Å². The SMILES string of the molecule is [CH3][Sn]([CH3])([CH3])[c]1cc2c(s1)/C(=C1\c3ccccc3-c3c[c]([Sn]([CH3])([CH3])[CH3])sc31)c1ccccc1-2. The second-order valence-corrected chi connectivity index (χ2v) is 44.0. The predicted octanol–water partition coefficient (Wildman–Crippen LogP) is 7.87. The number of thiophene rings is 2. The summed E-state index contributed by atoms with van der Waals surface area (Å²) in [4.78, 5) is 18.3. The van der Waals surface area contributed by atoms with Gasteiger partial charge in [-0.3, -0.25) is 0 Å². The van der Waals surface area contributed by atoms with Crippen LogP contribution >= 0.6 is 22.7 Å². The van der Waals surface area contributed by atoms with Crippen LogP contribution in [0.4, 0.5) is 0 Å². The van der Waals surface area contributed by atoms with Gasteiger partial charge in [0.1, 0.15) is 0 Å². The molecule has 160 valence electrons. The first-order valence-corrected chi connectivity index (χ1v) is 33.0. The van der Waals surface area contributed by atoms with Crippen LogP contribution in [0.3, 0.4) is 0 Å². The van der Waals surface area contributed by atoms with E-state index >= 15 is 0 Å². The molecule has 0 aliphatic heterocycles. The van der Waals surface area contributed by atoms with Gasteiger partial charge in [0.15, 0.2) is 0 Å². The number of rotatable bonds is 2. The Balaban J connectivity index is 1.73. The predicted molar refractivity (Wildman–Crippen MR) is 150 cm³/mol. The Bertz CT molecular complexity index is 1330. The molecule has 32 heavy (non-hydrogen) atoms. The molecule has 0 saturated carbocycles. The van der Waals surface area contributed by atoms with Crippen LogP contribution in [0, 0.1) is 0 Å². The molecule has 2 aromatic heterocycles. The summed E-state index contributed by atoms with van der Waals surface area (Å²) in [5.41, 5.74) is 11.7. The van der Waals surface area contributed by atoms with Gasteiger partial charge in [0.05, 0.1) is 0 Å². The third kappa shape index (κ3) is 3.19. The molecule has 0 atom stereocenters. The Morgan fingerprint density at radius 1 is 0.469 bits per heavy atom. The van der Waals surface area contributed by atoms with Crippen molar-refractivity contribution < 1.29 is 0 Å². The molecule has 0 bridgehead atoms. The van der Waals surface area contributed by atoms with Crippen LogP contribution in [0.2, 0.25) is 29.6 Å². The molecule has 0 nitrogen and oxygen atoms in total. The molecule has 2 aromatic carbocycles. The molecule has 0 unspecified atom stereocenters. The Morgan fingerprint density at radius 2 is 0.812 bits per heavy atom. The third-order valence-electron chi connectivity index (χ3n) is 6.62. The third-order valence-corrected chi connectivity index (χ3v) is 27.8. The molecular formula is C28H28S2Sn2. The van der Waals surface area contributed by atoms with E-state index in [4.69, 9.17) is 0 Å². The number of fused-ring (bicyclic) bond motifs is 6. The first kappa shape index (κ1) is 21.7. The van der Waals surface area contributed by atoms with Gasteiger partial charge in [-0.2, -0.15) is 0 Å². The monoisotopic (exact) mass is 668 g/mol. The van der Waals surface area contributed by atoms with Crippen LogP contribution in [-0.4, -0.2) is 36.8 Å². The molecule has 6 rings (SSSR count). The van der Waals surface area contributed by atoms with E-state index in [-0.39, 0.29) is 0 Å². The number of hydrogen-bond acceptors (Lipinski definition) is 2. The van der Waals surface area contributed by atoms with Gasteiger partial charge in [-0.25, -0.2) is 0 Å². The summed E-state index contributed by atoms with van der Waals surface area (Å²) < 4.78 is 3.36. The van der Waals surface area contributed by atoms with E-state index in [1.807, 2.05) is 0 Å². The normalized spacial score (nSPS) is 16.7. The Labute approximate surface area is 207 Å². The van der Waals surface area contributed by atoms with Crippen LogP contribution in [0.15, 0.2) is 60.7 Å². The zero-order valence-corrected chi connectivity index (χ0v) is 26.9. The van der Waals surface area contributed by atoms with E-state index in [0.717, 1.165) is 0 Å². The second-order valence-electron chi connectivity index (χ2n) is 11.0. The van der Waals surface area contributed by atoms with Gasteiger partial charge < -0.3 is 0 Å². The van der Waals surface area contributed by atoms with E-state index in [9.17, 15) is 0 Å². The van der Waals surface area contributed by atoms with E-state index in [1.165, 1.54) is 54.3 Å². The average Bonchev–Trinajstić information content (AvgIpc) is 3.45. The molecule has 0 saturated heterocycles. The Hall–Kier alpha value is -0.823. The van der Waals surface area contributed by atoms with Crippen molar-refractivity contribution in [2.45, 2.75) is 29.6 Å². The summed E-state index contributed by atoms with van der Waals surface area (Å²) in [7, 11) is 0. The quantitative estimate of drug-likeness (QED) is 0.165. The fourth-order valence-electron chi connectivity index (χ4n) is 4.91. The van der Waals surface area contributed by atoms with Crippen molar-refractivity contribution in [1.82, 2.24) is 0 Å². The van der Waals surface area contributed by atoms with Crippen molar-refractivity contribution in [1.29, 1.82) is 0 Å². The summed E-state index contributed by atoms with van der Waals surface area (Å²) >= 11 is -0.130. The van der Waals surface area contributed by atoms with Gasteiger partial charge in [-0.1, -0.05) is 0 Å². The van der Waals surface area contributed by atoms with E-state index in [0.29, 0.717) is 0 Å². The van der Waals surface area contributed by atoms with Crippen molar-refractivity contribution >= 4 is 76.4 Å². The molecule has 0 spiro atoms. The summed E-state index contributed by atoms with van der Waals surface area (Å²) in [6, 6.07) is 23.3. The first-order valence-electron chi connectivity index (χ1n) is 11.4. The van der Waals surface area contributed by atoms with Crippen LogP contribution in [0.5, 0.6) is 0 Å². The molecule has 0 fully saturated rings. The minimum absolute atomic E-state index is 1.43. The first-order chi connectivity index (χ1) is 15.1. The van der Waals surface area contributed by atoms with Crippen molar-refractivity contribution in [3.05, 3.63) is 81.5 Å². The molecule has 0 amide bonds. The number of benzene rings is 2. The zero-order chi connectivity index (χ0) is 22.4. The van der Waals surface area contributed by atoms with Gasteiger partial charge in [-0.05, 0) is 0 Å². The van der Waals surface area contributed by atoms with Crippen LogP contribution in [0.25, 0.3) is 33.4 Å². The van der Waals surface area contributed by atoms with Crippen LogP contribution < -0.4 is 5.79 Å². The molecule has 2 aliphatic carbocycles. The molecule has 2 aliphatic rings. The molecule has 4 heteroatoms. The average molecular weight is 666 g/mol. The van der Waals surface area contributed by atoms with Gasteiger partial charge in [-0.15, -0.1) is 0 Å². The van der Waals surface area contributed by atoms with E-state index in [1.54, 1.807) is 5.79 Å². The number of hydrogen-bond donors (Lipinski definition) is 0. The standard InChI is InChI=1S/C22H10S2.6CH3.2Sn/c1-3-7-15-13(5-1)17-9-11-23-21(17)19(15)20-16-8-4-2-6-14(16)18-10-12-24-22(18)20;;;;;;;;/h1-10H;6*1H3;;/b20-19+;;;;;;;;. The maximum atomic E-state index is 2.55. The van der Waals surface area contributed by atoms with Gasteiger partial charge >= 0.3 is 210 Å². The molecule has 0 radical (unpaired) electrons. The van der Waals surface area contributed by atoms with Crippen molar-refractivity contribution in [3.8, 4) is 22.3 Å². The van der Waals surface area contributed by atoms with Crippen molar-refractivity contribution in [2.75, 3.05) is 0 Å². The molecule has 2 heterocycles. The van der Waals surface area contributed by atoms with E-state index < -0.39 is 36.8 Å². The maximum absolute atomic E-state index is 2.55. The molecular weight excluding hydrogens is 638 g/mol. The summed E-state index contributed by atoms with van der Waals surface area (Å²) in [6.45, 7) is 0. The van der Waals surface area contributed by atoms with Crippen molar-refractivity contribution in [3.63, 3.8) is 0 Å². The van der Waals surface area contributed by atoms with Crippen LogP contribution in [-0.2, 0) is 0 Å². The second kappa shape index (κ2) is 7.34. The summed E-state index contributed by atoms with van der Waals surface area (Å²) in [5.74, 6) is 0. The minimum atomic E-state index is -2.16. The Kier molecular flexibility index (Phi) is 4.97. The summed E-state index contributed by atoms with van der Waals surface area (Å²) in [6.07, 6.45) is 0. The molecule has 0 N–H and O–H groups in total.